The third-order valence-corrected chi connectivity index (χ3v) is 5.46. The number of anilines is 2. The molecule has 0 spiro atoms. The summed E-state index contributed by atoms with van der Waals surface area (Å²) in [5.74, 6) is 8.48. The van der Waals surface area contributed by atoms with E-state index in [2.05, 4.69) is 20.7 Å². The zero-order valence-electron chi connectivity index (χ0n) is 11.2. The molecule has 110 valence electrons. The quantitative estimate of drug-likeness (QED) is 0.552. The van der Waals surface area contributed by atoms with Crippen LogP contribution >= 0.6 is 0 Å². The van der Waals surface area contributed by atoms with Crippen molar-refractivity contribution in [3.63, 3.8) is 0 Å². The van der Waals surface area contributed by atoms with E-state index in [0.29, 0.717) is 24.6 Å². The number of hydrogen-bond donors (Lipinski definition) is 3. The Bertz CT molecular complexity index is 586. The Morgan fingerprint density at radius 2 is 1.75 bits per heavy atom. The van der Waals surface area contributed by atoms with Gasteiger partial charge in [-0.1, -0.05) is 0 Å². The van der Waals surface area contributed by atoms with Gasteiger partial charge >= 0.3 is 0 Å². The number of hydrogen-bond acceptors (Lipinski definition) is 7. The fraction of sp³-hybridized carbons (Fsp3) is 0.667. The summed E-state index contributed by atoms with van der Waals surface area (Å²) < 4.78 is 22.8. The molecule has 0 atom stereocenters. The predicted octanol–water partition coefficient (Wildman–Crippen LogP) is 0.629. The maximum absolute atomic E-state index is 11.4. The first-order valence-corrected chi connectivity index (χ1v) is 8.70. The van der Waals surface area contributed by atoms with Gasteiger partial charge in [0.2, 0.25) is 0 Å². The first-order valence-electron chi connectivity index (χ1n) is 6.88. The van der Waals surface area contributed by atoms with Gasteiger partial charge < -0.3 is 10.7 Å². The van der Waals surface area contributed by atoms with Gasteiger partial charge in [-0.15, -0.1) is 0 Å². The van der Waals surface area contributed by atoms with Crippen LogP contribution in [0.25, 0.3) is 0 Å². The van der Waals surface area contributed by atoms with Crippen LogP contribution in [0.2, 0.25) is 0 Å². The molecular weight excluding hydrogens is 278 g/mol. The van der Waals surface area contributed by atoms with Gasteiger partial charge in [-0.05, 0) is 25.7 Å². The highest BCUT2D eigenvalue weighted by atomic mass is 32.2. The van der Waals surface area contributed by atoms with Gasteiger partial charge in [-0.25, -0.2) is 24.2 Å². The van der Waals surface area contributed by atoms with Gasteiger partial charge in [0.1, 0.15) is 27.3 Å². The van der Waals surface area contributed by atoms with E-state index in [0.717, 1.165) is 24.5 Å². The maximum atomic E-state index is 11.4. The van der Waals surface area contributed by atoms with Crippen LogP contribution in [0.15, 0.2) is 6.07 Å². The second-order valence-electron chi connectivity index (χ2n) is 5.49. The molecule has 3 rings (SSSR count). The fourth-order valence-electron chi connectivity index (χ4n) is 2.38. The normalized spacial score (nSPS) is 22.4. The molecule has 1 aromatic rings. The summed E-state index contributed by atoms with van der Waals surface area (Å²) in [4.78, 5) is 8.85. The Morgan fingerprint density at radius 3 is 2.35 bits per heavy atom. The zero-order chi connectivity index (χ0) is 14.2. The molecule has 2 heterocycles. The Balaban J connectivity index is 1.72. The second-order valence-corrected chi connectivity index (χ2v) is 7.79. The van der Waals surface area contributed by atoms with E-state index in [9.17, 15) is 8.42 Å². The van der Waals surface area contributed by atoms with E-state index in [4.69, 9.17) is 5.84 Å². The number of rotatable bonds is 4. The monoisotopic (exact) mass is 297 g/mol. The van der Waals surface area contributed by atoms with Crippen molar-refractivity contribution in [2.75, 3.05) is 22.2 Å². The van der Waals surface area contributed by atoms with Gasteiger partial charge in [0.05, 0.1) is 11.5 Å². The number of sulfone groups is 1. The van der Waals surface area contributed by atoms with E-state index in [-0.39, 0.29) is 17.5 Å². The van der Waals surface area contributed by atoms with Gasteiger partial charge in [-0.3, -0.25) is 0 Å². The molecule has 0 radical (unpaired) electrons. The van der Waals surface area contributed by atoms with Crippen molar-refractivity contribution < 1.29 is 8.42 Å². The van der Waals surface area contributed by atoms with Crippen LogP contribution in [0.1, 0.15) is 37.4 Å². The van der Waals surface area contributed by atoms with Crippen molar-refractivity contribution >= 4 is 21.5 Å². The van der Waals surface area contributed by atoms with E-state index in [1.54, 1.807) is 6.07 Å². The van der Waals surface area contributed by atoms with E-state index in [1.165, 1.54) is 0 Å². The standard InChI is InChI=1S/C12H19N5O2S/c13-17-11-7-10(15-12(16-11)8-1-2-8)14-9-3-5-20(18,19)6-4-9/h7-9H,1-6,13H2,(H2,14,15,16,17). The van der Waals surface area contributed by atoms with Crippen molar-refractivity contribution in [1.29, 1.82) is 0 Å². The average molecular weight is 297 g/mol. The lowest BCUT2D eigenvalue weighted by Crippen LogP contribution is -2.32. The molecule has 1 saturated heterocycles. The Labute approximate surface area is 118 Å². The SMILES string of the molecule is NNc1cc(NC2CCS(=O)(=O)CC2)nc(C2CC2)n1. The number of nitrogens with zero attached hydrogens (tertiary/aromatic N) is 2. The third kappa shape index (κ3) is 3.18. The largest absolute Gasteiger partial charge is 0.367 e. The molecule has 2 fully saturated rings. The summed E-state index contributed by atoms with van der Waals surface area (Å²) >= 11 is 0. The van der Waals surface area contributed by atoms with E-state index < -0.39 is 9.84 Å². The van der Waals surface area contributed by atoms with E-state index >= 15 is 0 Å². The Kier molecular flexibility index (Phi) is 3.51. The summed E-state index contributed by atoms with van der Waals surface area (Å²) in [6.45, 7) is 0. The number of nitrogens with one attached hydrogen (secondary N) is 2. The minimum atomic E-state index is -2.84. The highest BCUT2D eigenvalue weighted by molar-refractivity contribution is 7.91. The van der Waals surface area contributed by atoms with Crippen molar-refractivity contribution in [2.45, 2.75) is 37.6 Å². The third-order valence-electron chi connectivity index (χ3n) is 3.74. The summed E-state index contributed by atoms with van der Waals surface area (Å²) in [6.07, 6.45) is 3.48. The Morgan fingerprint density at radius 1 is 1.10 bits per heavy atom. The van der Waals surface area contributed by atoms with Crippen LogP contribution < -0.4 is 16.6 Å². The Hall–Kier alpha value is -1.41. The predicted molar refractivity (Wildman–Crippen MR) is 77.1 cm³/mol. The molecule has 4 N–H and O–H groups in total. The van der Waals surface area contributed by atoms with Crippen molar-refractivity contribution in [2.24, 2.45) is 5.84 Å². The maximum Gasteiger partial charge on any atom is 0.150 e. The molecule has 8 heteroatoms. The molecule has 0 bridgehead atoms. The second kappa shape index (κ2) is 5.17. The lowest BCUT2D eigenvalue weighted by Gasteiger charge is -2.23. The highest BCUT2D eigenvalue weighted by Gasteiger charge is 2.28. The molecule has 1 aromatic heterocycles. The van der Waals surface area contributed by atoms with Crippen LogP contribution in [0.4, 0.5) is 11.6 Å². The van der Waals surface area contributed by atoms with Crippen molar-refractivity contribution in [3.8, 4) is 0 Å². The molecule has 1 aliphatic carbocycles. The average Bonchev–Trinajstić information content (AvgIpc) is 3.25. The molecule has 0 aromatic carbocycles. The molecule has 0 unspecified atom stereocenters. The zero-order valence-corrected chi connectivity index (χ0v) is 12.0. The molecule has 1 saturated carbocycles. The first kappa shape index (κ1) is 13.6. The summed E-state index contributed by atoms with van der Waals surface area (Å²) in [5.41, 5.74) is 2.55. The number of nitrogens with two attached hydrogens (primary N) is 1. The summed E-state index contributed by atoms with van der Waals surface area (Å²) in [5, 5.41) is 3.31. The minimum Gasteiger partial charge on any atom is -0.367 e. The van der Waals surface area contributed by atoms with Crippen LogP contribution in [0, 0.1) is 0 Å². The minimum absolute atomic E-state index is 0.145. The topological polar surface area (TPSA) is 110 Å². The smallest absolute Gasteiger partial charge is 0.150 e. The molecule has 2 aliphatic rings. The van der Waals surface area contributed by atoms with Crippen LogP contribution in [-0.2, 0) is 9.84 Å². The van der Waals surface area contributed by atoms with Crippen LogP contribution in [0.3, 0.4) is 0 Å². The number of nitrogen functional groups attached to an aromatic ring is 1. The lowest BCUT2D eigenvalue weighted by atomic mass is 10.1. The van der Waals surface area contributed by atoms with Gasteiger partial charge in [0.15, 0.2) is 0 Å². The lowest BCUT2D eigenvalue weighted by molar-refractivity contribution is 0.559. The van der Waals surface area contributed by atoms with Crippen molar-refractivity contribution in [1.82, 2.24) is 9.97 Å². The van der Waals surface area contributed by atoms with Crippen LogP contribution in [-0.4, -0.2) is 35.9 Å². The summed E-state index contributed by atoms with van der Waals surface area (Å²) in [7, 11) is -2.84. The molecular formula is C12H19N5O2S. The van der Waals surface area contributed by atoms with Gasteiger partial charge in [-0.2, -0.15) is 0 Å². The van der Waals surface area contributed by atoms with Gasteiger partial charge in [0.25, 0.3) is 0 Å². The highest BCUT2D eigenvalue weighted by Crippen LogP contribution is 2.38. The first-order chi connectivity index (χ1) is 9.55. The molecule has 1 aliphatic heterocycles. The van der Waals surface area contributed by atoms with Gasteiger partial charge in [0, 0.05) is 18.0 Å². The molecule has 7 nitrogen and oxygen atoms in total. The van der Waals surface area contributed by atoms with Crippen LogP contribution in [0.5, 0.6) is 0 Å². The molecule has 20 heavy (non-hydrogen) atoms. The number of hydrazine groups is 1. The summed E-state index contributed by atoms with van der Waals surface area (Å²) in [6, 6.07) is 1.90. The van der Waals surface area contributed by atoms with Crippen molar-refractivity contribution in [3.05, 3.63) is 11.9 Å². The number of aromatic nitrogens is 2. The molecule has 0 amide bonds. The fourth-order valence-corrected chi connectivity index (χ4v) is 3.87. The van der Waals surface area contributed by atoms with E-state index in [1.807, 2.05) is 0 Å².